The standard InChI is InChI=1S/C11H16N2O3/c1-12-7-10(14)11(15)9-4-2-3-8(5-9)6-13-16/h2-6,10-12,14-16H,7H2,1H3. The number of nitrogens with one attached hydrogen (secondary N) is 1. The van der Waals surface area contributed by atoms with Crippen molar-refractivity contribution in [1.29, 1.82) is 0 Å². The van der Waals surface area contributed by atoms with E-state index >= 15 is 0 Å². The van der Waals surface area contributed by atoms with Crippen molar-refractivity contribution < 1.29 is 15.4 Å². The minimum Gasteiger partial charge on any atom is -0.411 e. The van der Waals surface area contributed by atoms with Crippen LogP contribution in [0.3, 0.4) is 0 Å². The topological polar surface area (TPSA) is 85.1 Å². The maximum atomic E-state index is 9.82. The zero-order valence-electron chi connectivity index (χ0n) is 9.04. The minimum absolute atomic E-state index is 0.305. The molecule has 16 heavy (non-hydrogen) atoms. The van der Waals surface area contributed by atoms with Gasteiger partial charge in [0.25, 0.3) is 0 Å². The number of rotatable bonds is 5. The molecule has 88 valence electrons. The van der Waals surface area contributed by atoms with Crippen LogP contribution >= 0.6 is 0 Å². The molecular weight excluding hydrogens is 208 g/mol. The van der Waals surface area contributed by atoms with Crippen molar-refractivity contribution in [3.05, 3.63) is 35.4 Å². The number of hydrogen-bond acceptors (Lipinski definition) is 5. The summed E-state index contributed by atoms with van der Waals surface area (Å²) < 4.78 is 0. The van der Waals surface area contributed by atoms with E-state index in [-0.39, 0.29) is 0 Å². The van der Waals surface area contributed by atoms with E-state index in [1.54, 1.807) is 31.3 Å². The molecule has 0 aliphatic heterocycles. The van der Waals surface area contributed by atoms with Gasteiger partial charge in [0, 0.05) is 6.54 Å². The minimum atomic E-state index is -0.959. The van der Waals surface area contributed by atoms with E-state index in [4.69, 9.17) is 5.21 Å². The molecule has 1 rings (SSSR count). The Morgan fingerprint density at radius 1 is 1.44 bits per heavy atom. The quantitative estimate of drug-likeness (QED) is 0.325. The molecule has 1 aromatic carbocycles. The maximum absolute atomic E-state index is 9.82. The molecular formula is C11H16N2O3. The van der Waals surface area contributed by atoms with Gasteiger partial charge in [-0.1, -0.05) is 23.4 Å². The number of hydrogen-bond donors (Lipinski definition) is 4. The van der Waals surface area contributed by atoms with Crippen LogP contribution in [-0.4, -0.2) is 41.3 Å². The number of aliphatic hydroxyl groups excluding tert-OH is 2. The van der Waals surface area contributed by atoms with E-state index in [0.717, 1.165) is 0 Å². The fourth-order valence-corrected chi connectivity index (χ4v) is 1.43. The van der Waals surface area contributed by atoms with E-state index in [0.29, 0.717) is 17.7 Å². The van der Waals surface area contributed by atoms with Gasteiger partial charge in [-0.3, -0.25) is 0 Å². The van der Waals surface area contributed by atoms with Crippen LogP contribution < -0.4 is 5.32 Å². The summed E-state index contributed by atoms with van der Waals surface area (Å²) in [7, 11) is 1.70. The molecule has 2 unspecified atom stereocenters. The summed E-state index contributed by atoms with van der Waals surface area (Å²) in [6, 6.07) is 6.82. The van der Waals surface area contributed by atoms with E-state index in [9.17, 15) is 10.2 Å². The molecule has 0 amide bonds. The second-order valence-electron chi connectivity index (χ2n) is 3.48. The summed E-state index contributed by atoms with van der Waals surface area (Å²) in [6.45, 7) is 0.305. The monoisotopic (exact) mass is 224 g/mol. The van der Waals surface area contributed by atoms with Crippen molar-refractivity contribution in [2.24, 2.45) is 5.16 Å². The van der Waals surface area contributed by atoms with Gasteiger partial charge in [0.15, 0.2) is 0 Å². The van der Waals surface area contributed by atoms with Crippen LogP contribution in [0.4, 0.5) is 0 Å². The van der Waals surface area contributed by atoms with Gasteiger partial charge in [-0.25, -0.2) is 0 Å². The van der Waals surface area contributed by atoms with Crippen LogP contribution in [0.25, 0.3) is 0 Å². The van der Waals surface area contributed by atoms with E-state index in [2.05, 4.69) is 10.5 Å². The van der Waals surface area contributed by atoms with Gasteiger partial charge in [-0.15, -0.1) is 0 Å². The lowest BCUT2D eigenvalue weighted by Crippen LogP contribution is -2.29. The molecule has 0 aliphatic carbocycles. The molecule has 1 aromatic rings. The average molecular weight is 224 g/mol. The Morgan fingerprint density at radius 3 is 2.81 bits per heavy atom. The first kappa shape index (κ1) is 12.6. The molecule has 5 nitrogen and oxygen atoms in total. The molecule has 0 aliphatic rings. The highest BCUT2D eigenvalue weighted by atomic mass is 16.4. The molecule has 0 aromatic heterocycles. The zero-order chi connectivity index (χ0) is 12.0. The second-order valence-corrected chi connectivity index (χ2v) is 3.48. The van der Waals surface area contributed by atoms with Gasteiger partial charge >= 0.3 is 0 Å². The van der Waals surface area contributed by atoms with Gasteiger partial charge in [0.1, 0.15) is 6.10 Å². The molecule has 5 heteroatoms. The number of aliphatic hydroxyl groups is 2. The first-order valence-corrected chi connectivity index (χ1v) is 4.97. The van der Waals surface area contributed by atoms with Crippen molar-refractivity contribution in [1.82, 2.24) is 5.32 Å². The number of likely N-dealkylation sites (N-methyl/N-ethyl adjacent to an activating group) is 1. The first-order chi connectivity index (χ1) is 7.69. The molecule has 4 N–H and O–H groups in total. The highest BCUT2D eigenvalue weighted by Crippen LogP contribution is 2.17. The fraction of sp³-hybridized carbons (Fsp3) is 0.364. The Kier molecular flexibility index (Phi) is 4.91. The third-order valence-electron chi connectivity index (χ3n) is 2.24. The smallest absolute Gasteiger partial charge is 0.106 e. The third-order valence-corrected chi connectivity index (χ3v) is 2.24. The summed E-state index contributed by atoms with van der Waals surface area (Å²) in [5.41, 5.74) is 1.25. The van der Waals surface area contributed by atoms with E-state index < -0.39 is 12.2 Å². The fourth-order valence-electron chi connectivity index (χ4n) is 1.43. The molecule has 0 fully saturated rings. The number of oxime groups is 1. The lowest BCUT2D eigenvalue weighted by Gasteiger charge is -2.17. The molecule has 0 spiro atoms. The predicted octanol–water partition coefficient (Wildman–Crippen LogP) is 0.108. The summed E-state index contributed by atoms with van der Waals surface area (Å²) in [4.78, 5) is 0. The third kappa shape index (κ3) is 3.30. The van der Waals surface area contributed by atoms with Crippen LogP contribution in [0.5, 0.6) is 0 Å². The second kappa shape index (κ2) is 6.22. The highest BCUT2D eigenvalue weighted by Gasteiger charge is 2.17. The van der Waals surface area contributed by atoms with Crippen molar-refractivity contribution >= 4 is 6.21 Å². The van der Waals surface area contributed by atoms with Gasteiger partial charge < -0.3 is 20.7 Å². The average Bonchev–Trinajstić information content (AvgIpc) is 2.29. The van der Waals surface area contributed by atoms with Crippen LogP contribution in [0.2, 0.25) is 0 Å². The van der Waals surface area contributed by atoms with Gasteiger partial charge in [-0.05, 0) is 24.2 Å². The SMILES string of the molecule is CNCC(O)C(O)c1cccc(C=NO)c1. The molecule has 0 radical (unpaired) electrons. The molecule has 0 saturated carbocycles. The van der Waals surface area contributed by atoms with Crippen LogP contribution in [0.1, 0.15) is 17.2 Å². The van der Waals surface area contributed by atoms with Crippen molar-refractivity contribution in [2.75, 3.05) is 13.6 Å². The normalized spacial score (nSPS) is 15.2. The number of benzene rings is 1. The predicted molar refractivity (Wildman–Crippen MR) is 60.7 cm³/mol. The largest absolute Gasteiger partial charge is 0.411 e. The van der Waals surface area contributed by atoms with Crippen molar-refractivity contribution in [3.63, 3.8) is 0 Å². The van der Waals surface area contributed by atoms with Crippen LogP contribution in [0.15, 0.2) is 29.4 Å². The Balaban J connectivity index is 2.82. The van der Waals surface area contributed by atoms with Crippen LogP contribution in [-0.2, 0) is 0 Å². The lowest BCUT2D eigenvalue weighted by atomic mass is 10.0. The lowest BCUT2D eigenvalue weighted by molar-refractivity contribution is 0.0202. The van der Waals surface area contributed by atoms with Crippen molar-refractivity contribution in [2.45, 2.75) is 12.2 Å². The Morgan fingerprint density at radius 2 is 2.19 bits per heavy atom. The van der Waals surface area contributed by atoms with E-state index in [1.807, 2.05) is 0 Å². The molecule has 2 atom stereocenters. The maximum Gasteiger partial charge on any atom is 0.106 e. The Hall–Kier alpha value is -1.43. The molecule has 0 saturated heterocycles. The summed E-state index contributed by atoms with van der Waals surface area (Å²) in [5.74, 6) is 0. The van der Waals surface area contributed by atoms with Gasteiger partial charge in [-0.2, -0.15) is 0 Å². The van der Waals surface area contributed by atoms with Gasteiger partial charge in [0.2, 0.25) is 0 Å². The first-order valence-electron chi connectivity index (χ1n) is 4.97. The summed E-state index contributed by atoms with van der Waals surface area (Å²) in [5, 5.41) is 33.5. The summed E-state index contributed by atoms with van der Waals surface area (Å²) >= 11 is 0. The molecule has 0 heterocycles. The summed E-state index contributed by atoms with van der Waals surface area (Å²) in [6.07, 6.45) is -0.563. The van der Waals surface area contributed by atoms with Crippen LogP contribution in [0, 0.1) is 0 Å². The highest BCUT2D eigenvalue weighted by molar-refractivity contribution is 5.79. The number of nitrogens with zero attached hydrogens (tertiary/aromatic N) is 1. The molecule has 0 bridgehead atoms. The Labute approximate surface area is 94.0 Å². The van der Waals surface area contributed by atoms with Gasteiger partial charge in [0.05, 0.1) is 12.3 Å². The van der Waals surface area contributed by atoms with Crippen molar-refractivity contribution in [3.8, 4) is 0 Å². The zero-order valence-corrected chi connectivity index (χ0v) is 9.04. The van der Waals surface area contributed by atoms with E-state index in [1.165, 1.54) is 6.21 Å². The Bertz CT molecular complexity index is 355.